The summed E-state index contributed by atoms with van der Waals surface area (Å²) in [4.78, 5) is 38.6. The minimum absolute atomic E-state index is 0.0315. The van der Waals surface area contributed by atoms with Crippen molar-refractivity contribution in [2.45, 2.75) is 0 Å². The molecule has 221 valence electrons. The molecule has 42 heavy (non-hydrogen) atoms. The first kappa shape index (κ1) is 36.5. The highest BCUT2D eigenvalue weighted by atomic mass is 31.1. The second kappa shape index (κ2) is 19.6. The summed E-state index contributed by atoms with van der Waals surface area (Å²) in [6.45, 7) is 0. The monoisotopic (exact) mass is 626 g/mol. The molecule has 1 radical (unpaired) electrons. The molecule has 0 saturated carbocycles. The lowest BCUT2D eigenvalue weighted by atomic mass is 10.2. The molecule has 0 fully saturated rings. The normalized spacial score (nSPS) is 11.9. The van der Waals surface area contributed by atoms with Crippen molar-refractivity contribution in [3.8, 4) is 0 Å². The smallest absolute Gasteiger partial charge is 0.222 e. The lowest BCUT2D eigenvalue weighted by Gasteiger charge is -2.10. The summed E-state index contributed by atoms with van der Waals surface area (Å²) in [5.41, 5.74) is 12.2. The van der Waals surface area contributed by atoms with Crippen LogP contribution in [-0.2, 0) is 13.7 Å². The second-order valence-electron chi connectivity index (χ2n) is 7.77. The van der Waals surface area contributed by atoms with E-state index in [1.807, 2.05) is 0 Å². The Labute approximate surface area is 247 Å². The maximum atomic E-state index is 13.2. The van der Waals surface area contributed by atoms with Gasteiger partial charge in [0.05, 0.1) is 0 Å². The molecule has 3 unspecified atom stereocenters. The topological polar surface area (TPSA) is 180 Å². The predicted molar refractivity (Wildman–Crippen MR) is 174 cm³/mol. The molecule has 0 heterocycles. The quantitative estimate of drug-likeness (QED) is 0.235. The number of nitrogens with two attached hydrogens (primary N) is 3. The van der Waals surface area contributed by atoms with Crippen molar-refractivity contribution in [2.75, 3.05) is 21.1 Å². The number of carbonyl (C=O) groups is 3. The van der Waals surface area contributed by atoms with Crippen LogP contribution in [0.4, 0.5) is 0 Å². The molecule has 0 spiro atoms. The molecule has 0 bridgehead atoms. The maximum absolute atomic E-state index is 13.2. The highest BCUT2D eigenvalue weighted by molar-refractivity contribution is 7.74. The Bertz CT molecular complexity index is 1340. The van der Waals surface area contributed by atoms with Crippen molar-refractivity contribution in [1.82, 2.24) is 0 Å². The maximum Gasteiger partial charge on any atom is 0.222 e. The molecule has 0 aliphatic carbocycles. The van der Waals surface area contributed by atoms with Crippen molar-refractivity contribution in [3.63, 3.8) is 0 Å². The second-order valence-corrected chi connectivity index (χ2v) is 12.8. The first-order chi connectivity index (χ1) is 20.4. The molecule has 3 atom stereocenters. The Morgan fingerprint density at radius 3 is 1.02 bits per heavy atom. The Kier molecular flexibility index (Phi) is 17.0. The van der Waals surface area contributed by atoms with E-state index in [-0.39, 0.29) is 32.6 Å². The summed E-state index contributed by atoms with van der Waals surface area (Å²) >= 11 is 0. The molecule has 0 saturated heterocycles. The fraction of sp³-hybridized carbons (Fsp3) is 0.100. The third kappa shape index (κ3) is 9.78. The highest BCUT2D eigenvalue weighted by Crippen LogP contribution is 2.32. The first-order valence-electron chi connectivity index (χ1n) is 12.6. The Morgan fingerprint density at radius 1 is 0.476 bits per heavy atom. The largest absolute Gasteiger partial charge is 0.333 e. The zero-order chi connectivity index (χ0) is 31.7. The minimum atomic E-state index is -3.20. The lowest BCUT2D eigenvalue weighted by Crippen LogP contribution is -2.20. The van der Waals surface area contributed by atoms with Crippen molar-refractivity contribution in [3.05, 3.63) is 126 Å². The van der Waals surface area contributed by atoms with Crippen LogP contribution in [0.25, 0.3) is 0 Å². The zero-order valence-corrected chi connectivity index (χ0v) is 26.5. The minimum Gasteiger partial charge on any atom is -0.333 e. The van der Waals surface area contributed by atoms with Crippen LogP contribution >= 0.6 is 23.4 Å². The lowest BCUT2D eigenvalue weighted by molar-refractivity contribution is 0.107. The van der Waals surface area contributed by atoms with Crippen LogP contribution < -0.4 is 33.1 Å². The molecule has 4 aromatic carbocycles. The van der Waals surface area contributed by atoms with Gasteiger partial charge in [-0.25, -0.2) is 0 Å². The van der Waals surface area contributed by atoms with Gasteiger partial charge in [0.1, 0.15) is 0 Å². The summed E-state index contributed by atoms with van der Waals surface area (Å²) in [6.07, 6.45) is 0. The van der Waals surface area contributed by atoms with Crippen LogP contribution in [0.2, 0.25) is 0 Å². The van der Waals surface area contributed by atoms with Gasteiger partial charge in [-0.2, -0.15) is 0 Å². The number of carbonyl (C=O) groups excluding carboxylic acids is 3. The van der Waals surface area contributed by atoms with Gasteiger partial charge in [-0.1, -0.05) is 91.0 Å². The highest BCUT2D eigenvalue weighted by Gasteiger charge is 2.25. The third-order valence-corrected chi connectivity index (χ3v) is 9.78. The van der Waals surface area contributed by atoms with Crippen LogP contribution in [0.3, 0.4) is 0 Å². The van der Waals surface area contributed by atoms with Crippen LogP contribution in [0.1, 0.15) is 31.1 Å². The van der Waals surface area contributed by atoms with E-state index in [2.05, 4.69) is 23.3 Å². The van der Waals surface area contributed by atoms with E-state index in [9.17, 15) is 28.1 Å². The van der Waals surface area contributed by atoms with Gasteiger partial charge in [0.2, 0.25) is 16.6 Å². The van der Waals surface area contributed by atoms with Crippen LogP contribution in [-0.4, -0.2) is 37.7 Å². The van der Waals surface area contributed by atoms with Gasteiger partial charge in [0.15, 0.2) is 23.4 Å². The summed E-state index contributed by atoms with van der Waals surface area (Å²) in [6, 6.07) is 29.2. The number of benzene rings is 4. The summed E-state index contributed by atoms with van der Waals surface area (Å²) in [5.74, 6) is 0. The molecular weight excluding hydrogens is 591 g/mol. The van der Waals surface area contributed by atoms with Gasteiger partial charge in [0.25, 0.3) is 0 Å². The third-order valence-electron chi connectivity index (χ3n) is 5.35. The molecule has 0 amide bonds. The molecule has 0 aromatic heterocycles. The van der Waals surface area contributed by atoms with E-state index < -0.39 is 40.0 Å². The Hall–Kier alpha value is -3.54. The van der Waals surface area contributed by atoms with Crippen molar-refractivity contribution in [1.29, 1.82) is 0 Å². The van der Waals surface area contributed by atoms with Gasteiger partial charge < -0.3 is 30.9 Å². The summed E-state index contributed by atoms with van der Waals surface area (Å²) in [5, 5.41) is -0.282. The summed E-state index contributed by atoms with van der Waals surface area (Å²) in [7, 11) is -5.06. The summed E-state index contributed by atoms with van der Waals surface area (Å²) < 4.78 is 39.7. The van der Waals surface area contributed by atoms with E-state index in [0.29, 0.717) is 0 Å². The van der Waals surface area contributed by atoms with Gasteiger partial charge in [-0.15, -0.1) is 0 Å². The molecule has 0 aliphatic heterocycles. The number of hydrogen-bond acceptors (Lipinski definition) is 9. The molecule has 6 N–H and O–H groups in total. The van der Waals surface area contributed by atoms with E-state index >= 15 is 0 Å². The number of hydrogen-bond donors (Lipinski definition) is 3. The first-order valence-corrected chi connectivity index (χ1v) is 16.8. The van der Waals surface area contributed by atoms with E-state index in [1.54, 1.807) is 54.6 Å². The Morgan fingerprint density at radius 2 is 0.738 bits per heavy atom. The van der Waals surface area contributed by atoms with Crippen LogP contribution in [0.5, 0.6) is 0 Å². The van der Waals surface area contributed by atoms with Gasteiger partial charge in [-0.05, 0) is 33.3 Å². The SMILES string of the molecule is CN.CN.CN.O=C(c1ccccc1)[PH](=O)c1[c]c([PH](=O)C(=O)c2ccccc2)cc([PH](=O)C(=O)c2ccccc2)c1. The molecule has 9 nitrogen and oxygen atoms in total. The molecule has 4 rings (SSSR count). The van der Waals surface area contributed by atoms with Crippen LogP contribution in [0, 0.1) is 6.07 Å². The predicted octanol–water partition coefficient (Wildman–Crippen LogP) is 3.29. The van der Waals surface area contributed by atoms with Gasteiger partial charge >= 0.3 is 0 Å². The zero-order valence-electron chi connectivity index (χ0n) is 23.5. The van der Waals surface area contributed by atoms with E-state index in [4.69, 9.17) is 0 Å². The van der Waals surface area contributed by atoms with Crippen molar-refractivity contribution >= 4 is 55.9 Å². The van der Waals surface area contributed by atoms with Crippen molar-refractivity contribution < 1.29 is 28.1 Å². The van der Waals surface area contributed by atoms with Gasteiger partial charge in [-0.3, -0.25) is 14.4 Å². The number of rotatable bonds is 9. The average Bonchev–Trinajstić information content (AvgIpc) is 3.09. The molecule has 0 aliphatic rings. The van der Waals surface area contributed by atoms with Gasteiger partial charge in [0, 0.05) is 38.7 Å². The van der Waals surface area contributed by atoms with E-state index in [1.165, 1.54) is 69.7 Å². The standard InChI is InChI=1S/C27H20O6P3.3CH5N/c28-25(19-10-4-1-5-11-19)34(31)22-16-23(35(32)26(29)20-12-6-2-7-13-20)18-24(17-22)36(33)27(30)21-14-8-3-9-15-21;3*1-2/h1-17,34-36H;3*2H2,1H3. The molecule has 4 aromatic rings. The van der Waals surface area contributed by atoms with Crippen LogP contribution in [0.15, 0.2) is 103 Å². The molecular formula is C30H35N3O6P3. The average molecular weight is 627 g/mol. The fourth-order valence-electron chi connectivity index (χ4n) is 3.48. The molecule has 12 heteroatoms. The van der Waals surface area contributed by atoms with E-state index in [0.717, 1.165) is 0 Å². The Balaban J connectivity index is 0.00000138. The van der Waals surface area contributed by atoms with Crippen molar-refractivity contribution in [2.24, 2.45) is 17.2 Å². The fourth-order valence-corrected chi connectivity index (χ4v) is 7.56.